The number of benzene rings is 1. The van der Waals surface area contributed by atoms with Gasteiger partial charge in [-0.05, 0) is 93.4 Å². The van der Waals surface area contributed by atoms with Gasteiger partial charge in [0.25, 0.3) is 0 Å². The van der Waals surface area contributed by atoms with Crippen LogP contribution in [0.25, 0.3) is 0 Å². The number of hydrogen-bond acceptors (Lipinski definition) is 3. The number of nitrogens with zero attached hydrogens (tertiary/aromatic N) is 1. The number of rotatable bonds is 4. The third-order valence-corrected chi connectivity index (χ3v) is 9.35. The molecule has 0 spiro atoms. The van der Waals surface area contributed by atoms with Crippen LogP contribution in [0.3, 0.4) is 0 Å². The third kappa shape index (κ3) is 3.60. The first-order valence-electron chi connectivity index (χ1n) is 12.7. The molecule has 4 heteroatoms. The zero-order chi connectivity index (χ0) is 20.9. The molecule has 4 nitrogen and oxygen atoms in total. The minimum absolute atomic E-state index is 0.163. The standard InChI is InChI=1S/C27H35NO3/c29-26(25-20-10-18-9-19(12-20)13-21(25)11-18)22-14-23-7-4-8-24(15-22)28(23)27(30)31-16-17-5-2-1-3-6-17/h1-3,5-6,18-25H,4,7-16H2. The predicted octanol–water partition coefficient (Wildman–Crippen LogP) is 5.60. The highest BCUT2D eigenvalue weighted by Gasteiger charge is 2.53. The van der Waals surface area contributed by atoms with Crippen LogP contribution in [0.5, 0.6) is 0 Å². The van der Waals surface area contributed by atoms with E-state index in [1.54, 1.807) is 0 Å². The van der Waals surface area contributed by atoms with Crippen molar-refractivity contribution in [2.75, 3.05) is 0 Å². The summed E-state index contributed by atoms with van der Waals surface area (Å²) in [6.45, 7) is 0.325. The Morgan fingerprint density at radius 3 is 2.06 bits per heavy atom. The molecule has 4 saturated carbocycles. The monoisotopic (exact) mass is 421 g/mol. The molecule has 7 rings (SSSR count). The number of carbonyl (C=O) groups excluding carboxylic acids is 2. The summed E-state index contributed by atoms with van der Waals surface area (Å²) in [5.74, 6) is 4.21. The second kappa shape index (κ2) is 7.94. The summed E-state index contributed by atoms with van der Waals surface area (Å²) in [5, 5.41) is 0. The third-order valence-electron chi connectivity index (χ3n) is 9.35. The summed E-state index contributed by atoms with van der Waals surface area (Å²) in [5.41, 5.74) is 1.02. The Hall–Kier alpha value is -1.84. The van der Waals surface area contributed by atoms with Crippen LogP contribution in [-0.4, -0.2) is 28.9 Å². The second-order valence-electron chi connectivity index (χ2n) is 11.2. The second-order valence-corrected chi connectivity index (χ2v) is 11.2. The Morgan fingerprint density at radius 2 is 1.45 bits per heavy atom. The van der Waals surface area contributed by atoms with Gasteiger partial charge in [-0.15, -0.1) is 0 Å². The Morgan fingerprint density at radius 1 is 0.839 bits per heavy atom. The Kier molecular flexibility index (Phi) is 5.07. The highest BCUT2D eigenvalue weighted by molar-refractivity contribution is 5.85. The number of carbonyl (C=O) groups is 2. The smallest absolute Gasteiger partial charge is 0.410 e. The molecular formula is C27H35NO3. The molecule has 166 valence electrons. The van der Waals surface area contributed by atoms with Gasteiger partial charge >= 0.3 is 6.09 Å². The average molecular weight is 422 g/mol. The molecule has 0 N–H and O–H groups in total. The molecule has 0 aromatic heterocycles. The number of amides is 1. The zero-order valence-electron chi connectivity index (χ0n) is 18.5. The Labute approximate surface area is 185 Å². The summed E-state index contributed by atoms with van der Waals surface area (Å²) >= 11 is 0. The quantitative estimate of drug-likeness (QED) is 0.636. The molecule has 6 aliphatic rings. The van der Waals surface area contributed by atoms with Crippen LogP contribution in [0.2, 0.25) is 0 Å². The molecule has 2 atom stereocenters. The van der Waals surface area contributed by atoms with Gasteiger partial charge in [0.2, 0.25) is 0 Å². The van der Waals surface area contributed by atoms with Crippen molar-refractivity contribution in [3.05, 3.63) is 35.9 Å². The van der Waals surface area contributed by atoms with Gasteiger partial charge in [0, 0.05) is 23.9 Å². The van der Waals surface area contributed by atoms with Crippen LogP contribution in [-0.2, 0) is 16.1 Å². The molecular weight excluding hydrogens is 386 g/mol. The normalized spacial score (nSPS) is 40.6. The average Bonchev–Trinajstić information content (AvgIpc) is 2.76. The van der Waals surface area contributed by atoms with Crippen LogP contribution >= 0.6 is 0 Å². The van der Waals surface area contributed by atoms with Gasteiger partial charge in [0.1, 0.15) is 12.4 Å². The number of hydrogen-bond donors (Lipinski definition) is 0. The first kappa shape index (κ1) is 19.8. The SMILES string of the molecule is O=C(C1CC2CCCC(C1)N2C(=O)OCc1ccccc1)C1C2CC3CC(C2)CC1C3. The fourth-order valence-corrected chi connectivity index (χ4v) is 8.37. The Bertz CT molecular complexity index is 794. The predicted molar refractivity (Wildman–Crippen MR) is 118 cm³/mol. The van der Waals surface area contributed by atoms with Crippen LogP contribution < -0.4 is 0 Å². The minimum Gasteiger partial charge on any atom is -0.445 e. The lowest BCUT2D eigenvalue weighted by Gasteiger charge is -2.55. The van der Waals surface area contributed by atoms with Crippen LogP contribution in [0.4, 0.5) is 4.79 Å². The topological polar surface area (TPSA) is 46.6 Å². The van der Waals surface area contributed by atoms with E-state index in [0.717, 1.165) is 49.5 Å². The lowest BCUT2D eigenvalue weighted by molar-refractivity contribution is -0.143. The van der Waals surface area contributed by atoms with E-state index in [9.17, 15) is 9.59 Å². The molecule has 1 aromatic carbocycles. The maximum atomic E-state index is 13.8. The lowest BCUT2D eigenvalue weighted by Crippen LogP contribution is -2.57. The van der Waals surface area contributed by atoms with Gasteiger partial charge in [-0.25, -0.2) is 4.79 Å². The highest BCUT2D eigenvalue weighted by Crippen LogP contribution is 2.57. The van der Waals surface area contributed by atoms with Crippen LogP contribution in [0, 0.1) is 35.5 Å². The molecule has 1 aromatic rings. The summed E-state index contributed by atoms with van der Waals surface area (Å²) < 4.78 is 5.70. The van der Waals surface area contributed by atoms with Crippen LogP contribution in [0.15, 0.2) is 30.3 Å². The van der Waals surface area contributed by atoms with E-state index >= 15 is 0 Å². The first-order valence-corrected chi connectivity index (χ1v) is 12.7. The van der Waals surface area contributed by atoms with Gasteiger partial charge in [-0.3, -0.25) is 4.79 Å². The fourth-order valence-electron chi connectivity index (χ4n) is 8.37. The lowest BCUT2D eigenvalue weighted by atomic mass is 9.50. The fraction of sp³-hybridized carbons (Fsp3) is 0.704. The molecule has 0 radical (unpaired) electrons. The van der Waals surface area contributed by atoms with Gasteiger partial charge in [0.15, 0.2) is 0 Å². The number of ketones is 1. The van der Waals surface area contributed by atoms with E-state index in [0.29, 0.717) is 30.1 Å². The maximum absolute atomic E-state index is 13.8. The number of piperidine rings is 2. The zero-order valence-corrected chi connectivity index (χ0v) is 18.5. The molecule has 31 heavy (non-hydrogen) atoms. The molecule has 6 bridgehead atoms. The van der Waals surface area contributed by atoms with Crippen molar-refractivity contribution in [3.63, 3.8) is 0 Å². The molecule has 2 saturated heterocycles. The van der Waals surface area contributed by atoms with Crippen molar-refractivity contribution < 1.29 is 14.3 Å². The van der Waals surface area contributed by atoms with Crippen molar-refractivity contribution in [3.8, 4) is 0 Å². The molecule has 2 unspecified atom stereocenters. The van der Waals surface area contributed by atoms with E-state index < -0.39 is 0 Å². The highest BCUT2D eigenvalue weighted by atomic mass is 16.6. The van der Waals surface area contributed by atoms with Crippen LogP contribution in [0.1, 0.15) is 69.8 Å². The van der Waals surface area contributed by atoms with E-state index in [-0.39, 0.29) is 24.1 Å². The van der Waals surface area contributed by atoms with Gasteiger partial charge in [-0.1, -0.05) is 30.3 Å². The van der Waals surface area contributed by atoms with Crippen molar-refractivity contribution in [2.45, 2.75) is 82.9 Å². The molecule has 1 amide bonds. The minimum atomic E-state index is -0.181. The number of fused-ring (bicyclic) bond motifs is 2. The summed E-state index contributed by atoms with van der Waals surface area (Å²) in [6.07, 6.45) is 11.4. The number of ether oxygens (including phenoxy) is 1. The summed E-state index contributed by atoms with van der Waals surface area (Å²) in [7, 11) is 0. The molecule has 2 heterocycles. The Balaban J connectivity index is 1.12. The molecule has 6 fully saturated rings. The van der Waals surface area contributed by atoms with Crippen molar-refractivity contribution >= 4 is 11.9 Å². The van der Waals surface area contributed by atoms with Crippen molar-refractivity contribution in [1.29, 1.82) is 0 Å². The van der Waals surface area contributed by atoms with Crippen molar-refractivity contribution in [2.24, 2.45) is 35.5 Å². The van der Waals surface area contributed by atoms with Gasteiger partial charge in [0.05, 0.1) is 0 Å². The first-order chi connectivity index (χ1) is 15.2. The summed E-state index contributed by atoms with van der Waals surface area (Å²) in [6, 6.07) is 10.3. The van der Waals surface area contributed by atoms with E-state index in [1.807, 2.05) is 35.2 Å². The van der Waals surface area contributed by atoms with E-state index in [4.69, 9.17) is 4.74 Å². The molecule has 4 aliphatic carbocycles. The summed E-state index contributed by atoms with van der Waals surface area (Å²) in [4.78, 5) is 28.8. The maximum Gasteiger partial charge on any atom is 0.410 e. The number of Topliss-reactive ketones (excluding diaryl/α,β-unsaturated/α-hetero) is 1. The van der Waals surface area contributed by atoms with Crippen molar-refractivity contribution in [1.82, 2.24) is 4.90 Å². The van der Waals surface area contributed by atoms with E-state index in [1.165, 1.54) is 32.1 Å². The molecule has 2 aliphatic heterocycles. The largest absolute Gasteiger partial charge is 0.445 e. The van der Waals surface area contributed by atoms with Gasteiger partial charge < -0.3 is 9.64 Å². The van der Waals surface area contributed by atoms with E-state index in [2.05, 4.69) is 0 Å². The van der Waals surface area contributed by atoms with Gasteiger partial charge in [-0.2, -0.15) is 0 Å².